The first kappa shape index (κ1) is 13.0. The molecule has 0 unspecified atom stereocenters. The van der Waals surface area contributed by atoms with Gasteiger partial charge in [-0.25, -0.2) is 0 Å². The number of hydrogen-bond donors (Lipinski definition) is 0. The normalized spacial score (nSPS) is 9.76. The Balaban J connectivity index is 2.69. The number of carbonyl (C=O) groups excluding carboxylic acids is 1. The van der Waals surface area contributed by atoms with Crippen molar-refractivity contribution in [3.63, 3.8) is 0 Å². The Hall–Kier alpha value is -2.11. The van der Waals surface area contributed by atoms with Crippen molar-refractivity contribution in [2.45, 2.75) is 6.92 Å². The van der Waals surface area contributed by atoms with E-state index in [9.17, 15) is 14.9 Å². The first-order valence-electron chi connectivity index (χ1n) is 5.16. The van der Waals surface area contributed by atoms with Crippen LogP contribution in [0.15, 0.2) is 24.3 Å². The van der Waals surface area contributed by atoms with Crippen LogP contribution in [0, 0.1) is 10.1 Å². The molecule has 1 amide bonds. The van der Waals surface area contributed by atoms with Gasteiger partial charge in [-0.1, -0.05) is 12.1 Å². The van der Waals surface area contributed by atoms with Crippen LogP contribution >= 0.6 is 0 Å². The van der Waals surface area contributed by atoms with Gasteiger partial charge in [0.15, 0.2) is 12.4 Å². The Morgan fingerprint density at radius 3 is 2.71 bits per heavy atom. The van der Waals surface area contributed by atoms with Gasteiger partial charge in [0, 0.05) is 19.7 Å². The molecule has 0 atom stereocenters. The highest BCUT2D eigenvalue weighted by atomic mass is 16.6. The number of para-hydroxylation sites is 2. The number of rotatable bonds is 5. The highest BCUT2D eigenvalue weighted by Gasteiger charge is 2.15. The molecule has 0 aliphatic rings. The van der Waals surface area contributed by atoms with Gasteiger partial charge < -0.3 is 9.64 Å². The van der Waals surface area contributed by atoms with Gasteiger partial charge in [-0.3, -0.25) is 14.9 Å². The highest BCUT2D eigenvalue weighted by molar-refractivity contribution is 5.77. The molecule has 6 nitrogen and oxygen atoms in total. The van der Waals surface area contributed by atoms with Crippen molar-refractivity contribution >= 4 is 11.6 Å². The Labute approximate surface area is 98.9 Å². The molecule has 0 fully saturated rings. The van der Waals surface area contributed by atoms with E-state index in [0.717, 1.165) is 0 Å². The Morgan fingerprint density at radius 2 is 2.12 bits per heavy atom. The van der Waals surface area contributed by atoms with Crippen LogP contribution in [0.5, 0.6) is 5.75 Å². The number of hydrogen-bond acceptors (Lipinski definition) is 4. The molecule has 0 aliphatic carbocycles. The van der Waals surface area contributed by atoms with Crippen molar-refractivity contribution in [1.29, 1.82) is 0 Å². The molecule has 0 N–H and O–H groups in total. The minimum Gasteiger partial charge on any atom is -0.477 e. The summed E-state index contributed by atoms with van der Waals surface area (Å²) in [6, 6.07) is 5.97. The number of carbonyl (C=O) groups is 1. The molecule has 1 rings (SSSR count). The molecule has 6 heteroatoms. The summed E-state index contributed by atoms with van der Waals surface area (Å²) in [7, 11) is 1.64. The number of nitro groups is 1. The van der Waals surface area contributed by atoms with E-state index in [0.29, 0.717) is 6.54 Å². The topological polar surface area (TPSA) is 72.7 Å². The van der Waals surface area contributed by atoms with E-state index in [-0.39, 0.29) is 24.0 Å². The summed E-state index contributed by atoms with van der Waals surface area (Å²) >= 11 is 0. The van der Waals surface area contributed by atoms with Crippen molar-refractivity contribution in [3.05, 3.63) is 34.4 Å². The number of likely N-dealkylation sites (N-methyl/N-ethyl adjacent to an activating group) is 1. The molecule has 1 aromatic carbocycles. The zero-order valence-corrected chi connectivity index (χ0v) is 9.75. The summed E-state index contributed by atoms with van der Waals surface area (Å²) in [4.78, 5) is 23.1. The van der Waals surface area contributed by atoms with E-state index in [1.54, 1.807) is 19.2 Å². The summed E-state index contributed by atoms with van der Waals surface area (Å²) < 4.78 is 5.15. The maximum absolute atomic E-state index is 11.5. The molecule has 92 valence electrons. The Kier molecular flexibility index (Phi) is 4.45. The third kappa shape index (κ3) is 3.44. The summed E-state index contributed by atoms with van der Waals surface area (Å²) in [5.41, 5.74) is -0.139. The molecule has 0 heterocycles. The average molecular weight is 238 g/mol. The van der Waals surface area contributed by atoms with Crippen molar-refractivity contribution in [2.24, 2.45) is 0 Å². The van der Waals surface area contributed by atoms with Crippen molar-refractivity contribution in [3.8, 4) is 5.75 Å². The van der Waals surface area contributed by atoms with E-state index in [1.165, 1.54) is 17.0 Å². The molecular weight excluding hydrogens is 224 g/mol. The quantitative estimate of drug-likeness (QED) is 0.575. The van der Waals surface area contributed by atoms with Gasteiger partial charge in [0.05, 0.1) is 4.92 Å². The Morgan fingerprint density at radius 1 is 1.47 bits per heavy atom. The lowest BCUT2D eigenvalue weighted by molar-refractivity contribution is -0.385. The van der Waals surface area contributed by atoms with Crippen molar-refractivity contribution < 1.29 is 14.5 Å². The molecule has 0 aromatic heterocycles. The fourth-order valence-electron chi connectivity index (χ4n) is 1.16. The third-order valence-electron chi connectivity index (χ3n) is 2.31. The van der Waals surface area contributed by atoms with Crippen LogP contribution in [0.3, 0.4) is 0 Å². The number of ether oxygens (including phenoxy) is 1. The average Bonchev–Trinajstić information content (AvgIpc) is 2.35. The Bertz CT molecular complexity index is 420. The number of nitrogens with zero attached hydrogens (tertiary/aromatic N) is 2. The van der Waals surface area contributed by atoms with Crippen molar-refractivity contribution in [1.82, 2.24) is 4.90 Å². The molecule has 0 radical (unpaired) electrons. The smallest absolute Gasteiger partial charge is 0.310 e. The maximum Gasteiger partial charge on any atom is 0.310 e. The lowest BCUT2D eigenvalue weighted by atomic mass is 10.3. The maximum atomic E-state index is 11.5. The van der Waals surface area contributed by atoms with Crippen LogP contribution in [-0.2, 0) is 4.79 Å². The van der Waals surface area contributed by atoms with E-state index in [1.807, 2.05) is 6.92 Å². The molecule has 0 aliphatic heterocycles. The zero-order chi connectivity index (χ0) is 12.8. The predicted molar refractivity (Wildman–Crippen MR) is 61.9 cm³/mol. The van der Waals surface area contributed by atoms with Gasteiger partial charge in [-0.2, -0.15) is 0 Å². The second kappa shape index (κ2) is 5.83. The van der Waals surface area contributed by atoms with Crippen LogP contribution in [0.2, 0.25) is 0 Å². The molecule has 0 saturated carbocycles. The van der Waals surface area contributed by atoms with E-state index in [2.05, 4.69) is 0 Å². The van der Waals surface area contributed by atoms with Gasteiger partial charge >= 0.3 is 5.69 Å². The van der Waals surface area contributed by atoms with Gasteiger partial charge in [0.1, 0.15) is 0 Å². The van der Waals surface area contributed by atoms with Crippen LogP contribution in [0.25, 0.3) is 0 Å². The van der Waals surface area contributed by atoms with Crippen LogP contribution in [0.1, 0.15) is 6.92 Å². The number of amides is 1. The van der Waals surface area contributed by atoms with Crippen LogP contribution in [-0.4, -0.2) is 35.9 Å². The van der Waals surface area contributed by atoms with E-state index in [4.69, 9.17) is 4.74 Å². The first-order valence-corrected chi connectivity index (χ1v) is 5.16. The largest absolute Gasteiger partial charge is 0.477 e. The second-order valence-corrected chi connectivity index (χ2v) is 3.42. The first-order chi connectivity index (χ1) is 8.06. The van der Waals surface area contributed by atoms with E-state index >= 15 is 0 Å². The molecule has 0 saturated heterocycles. The summed E-state index contributed by atoms with van der Waals surface area (Å²) in [5, 5.41) is 10.7. The zero-order valence-electron chi connectivity index (χ0n) is 9.75. The van der Waals surface area contributed by atoms with Crippen molar-refractivity contribution in [2.75, 3.05) is 20.2 Å². The number of nitro benzene ring substituents is 1. The lowest BCUT2D eigenvalue weighted by Gasteiger charge is -2.14. The standard InChI is InChI=1S/C11H14N2O4/c1-3-12(2)11(14)8-17-10-7-5-4-6-9(10)13(15)16/h4-7H,3,8H2,1-2H3. The summed E-state index contributed by atoms with van der Waals surface area (Å²) in [5.74, 6) is -0.110. The van der Waals surface area contributed by atoms with E-state index < -0.39 is 4.92 Å². The minimum atomic E-state index is -0.538. The SMILES string of the molecule is CCN(C)C(=O)COc1ccccc1[N+](=O)[O-]. The number of benzene rings is 1. The lowest BCUT2D eigenvalue weighted by Crippen LogP contribution is -2.31. The van der Waals surface area contributed by atoms with Gasteiger partial charge in [-0.15, -0.1) is 0 Å². The van der Waals surface area contributed by atoms with Crippen LogP contribution in [0.4, 0.5) is 5.69 Å². The minimum absolute atomic E-state index is 0.107. The molecule has 0 bridgehead atoms. The molecular formula is C11H14N2O4. The second-order valence-electron chi connectivity index (χ2n) is 3.42. The summed E-state index contributed by atoms with van der Waals surface area (Å²) in [6.45, 7) is 2.21. The summed E-state index contributed by atoms with van der Waals surface area (Å²) in [6.07, 6.45) is 0. The van der Waals surface area contributed by atoms with Gasteiger partial charge in [0.25, 0.3) is 5.91 Å². The third-order valence-corrected chi connectivity index (χ3v) is 2.31. The molecule has 1 aromatic rings. The molecule has 17 heavy (non-hydrogen) atoms. The fraction of sp³-hybridized carbons (Fsp3) is 0.364. The van der Waals surface area contributed by atoms with Gasteiger partial charge in [-0.05, 0) is 13.0 Å². The fourth-order valence-corrected chi connectivity index (χ4v) is 1.16. The highest BCUT2D eigenvalue weighted by Crippen LogP contribution is 2.25. The van der Waals surface area contributed by atoms with Crippen LogP contribution < -0.4 is 4.74 Å². The molecule has 0 spiro atoms. The predicted octanol–water partition coefficient (Wildman–Crippen LogP) is 1.45. The monoisotopic (exact) mass is 238 g/mol. The van der Waals surface area contributed by atoms with Gasteiger partial charge in [0.2, 0.25) is 0 Å².